The van der Waals surface area contributed by atoms with E-state index in [0.717, 1.165) is 11.1 Å². The van der Waals surface area contributed by atoms with Crippen molar-refractivity contribution < 1.29 is 29.0 Å². The number of nitrogens with one attached hydrogen (secondary N) is 2. The smallest absolute Gasteiger partial charge is 0.408 e. The van der Waals surface area contributed by atoms with Crippen LogP contribution in [0, 0.1) is 13.8 Å². The topological polar surface area (TPSA) is 117 Å². The number of alkyl carbamates (subject to hydrolysis) is 1. The van der Waals surface area contributed by atoms with Crippen molar-refractivity contribution in [1.29, 1.82) is 0 Å². The van der Waals surface area contributed by atoms with Crippen molar-refractivity contribution in [1.82, 2.24) is 10.2 Å². The van der Waals surface area contributed by atoms with Crippen LogP contribution >= 0.6 is 0 Å². The van der Waals surface area contributed by atoms with Gasteiger partial charge in [-0.2, -0.15) is 0 Å². The Morgan fingerprint density at radius 2 is 1.62 bits per heavy atom. The molecule has 0 aromatic heterocycles. The van der Waals surface area contributed by atoms with Crippen LogP contribution in [0.4, 0.5) is 10.5 Å². The summed E-state index contributed by atoms with van der Waals surface area (Å²) in [6, 6.07) is 10.2. The highest BCUT2D eigenvalue weighted by atomic mass is 16.6. The summed E-state index contributed by atoms with van der Waals surface area (Å²) in [5.74, 6) is -0.400. The van der Waals surface area contributed by atoms with Gasteiger partial charge in [0.1, 0.15) is 23.4 Å². The van der Waals surface area contributed by atoms with E-state index in [9.17, 15) is 19.5 Å². The van der Waals surface area contributed by atoms with Crippen LogP contribution < -0.4 is 15.4 Å². The second-order valence-corrected chi connectivity index (χ2v) is 11.2. The molecule has 0 aliphatic rings. The average Bonchev–Trinajstić information content (AvgIpc) is 2.85. The number of aryl methyl sites for hydroxylation is 2. The first kappa shape index (κ1) is 31.6. The Kier molecular flexibility index (Phi) is 10.5. The lowest BCUT2D eigenvalue weighted by Crippen LogP contribution is -2.59. The van der Waals surface area contributed by atoms with Gasteiger partial charge >= 0.3 is 6.09 Å². The minimum absolute atomic E-state index is 0.434. The van der Waals surface area contributed by atoms with Crippen LogP contribution in [0.5, 0.6) is 5.75 Å². The molecule has 0 saturated carbocycles. The molecule has 0 saturated heterocycles. The minimum Gasteiger partial charge on any atom is -0.497 e. The highest BCUT2D eigenvalue weighted by molar-refractivity contribution is 5.99. The third kappa shape index (κ3) is 8.45. The van der Waals surface area contributed by atoms with E-state index >= 15 is 0 Å². The standard InChI is InChI=1S/C30H43N3O6/c1-10-30(7,8)33(27(36)24(18-34)32-28(37)39-29(4,5)6)25(23-16-11-19(2)17-20(23)3)26(35)31-21-12-14-22(38-9)15-13-21/h11-17,24-25,34H,10,18H2,1-9H3,(H,31,35)(H,32,37). The molecule has 0 aliphatic carbocycles. The number of hydrogen-bond donors (Lipinski definition) is 3. The zero-order valence-electron chi connectivity index (χ0n) is 24.5. The molecule has 9 nitrogen and oxygen atoms in total. The van der Waals surface area contributed by atoms with Crippen LogP contribution in [0.15, 0.2) is 42.5 Å². The number of ether oxygens (including phenoxy) is 2. The molecule has 0 heterocycles. The summed E-state index contributed by atoms with van der Waals surface area (Å²) in [5, 5.41) is 15.6. The summed E-state index contributed by atoms with van der Waals surface area (Å²) < 4.78 is 10.5. The van der Waals surface area contributed by atoms with Gasteiger partial charge in [0.25, 0.3) is 5.91 Å². The lowest BCUT2D eigenvalue weighted by atomic mass is 9.90. The minimum atomic E-state index is -1.33. The Hall–Kier alpha value is -3.59. The van der Waals surface area contributed by atoms with Crippen LogP contribution in [0.1, 0.15) is 70.7 Å². The maximum atomic E-state index is 14.1. The number of carbonyl (C=O) groups excluding carboxylic acids is 3. The molecule has 214 valence electrons. The van der Waals surface area contributed by atoms with Crippen molar-refractivity contribution in [3.8, 4) is 5.75 Å². The molecule has 2 aromatic carbocycles. The van der Waals surface area contributed by atoms with Gasteiger partial charge in [-0.15, -0.1) is 0 Å². The van der Waals surface area contributed by atoms with Crippen molar-refractivity contribution in [3.63, 3.8) is 0 Å². The summed E-state index contributed by atoms with van der Waals surface area (Å²) >= 11 is 0. The second-order valence-electron chi connectivity index (χ2n) is 11.2. The van der Waals surface area contributed by atoms with Gasteiger partial charge in [-0.1, -0.05) is 30.7 Å². The molecule has 0 aliphatic heterocycles. The highest BCUT2D eigenvalue weighted by Gasteiger charge is 2.43. The zero-order valence-corrected chi connectivity index (χ0v) is 24.5. The summed E-state index contributed by atoms with van der Waals surface area (Å²) in [6.07, 6.45) is -0.338. The molecule has 2 rings (SSSR count). The number of benzene rings is 2. The first-order valence-corrected chi connectivity index (χ1v) is 13.1. The van der Waals surface area contributed by atoms with Gasteiger partial charge in [0, 0.05) is 11.2 Å². The van der Waals surface area contributed by atoms with E-state index in [-0.39, 0.29) is 0 Å². The van der Waals surface area contributed by atoms with Crippen LogP contribution in [-0.2, 0) is 14.3 Å². The van der Waals surface area contributed by atoms with E-state index in [4.69, 9.17) is 9.47 Å². The third-order valence-corrected chi connectivity index (χ3v) is 6.51. The number of rotatable bonds is 10. The normalized spacial score (nSPS) is 13.2. The van der Waals surface area contributed by atoms with Crippen molar-refractivity contribution in [2.75, 3.05) is 19.0 Å². The van der Waals surface area contributed by atoms with Crippen LogP contribution in [0.2, 0.25) is 0 Å². The monoisotopic (exact) mass is 541 g/mol. The molecule has 0 fully saturated rings. The Morgan fingerprint density at radius 1 is 1.00 bits per heavy atom. The van der Waals surface area contributed by atoms with E-state index in [0.29, 0.717) is 23.4 Å². The number of aliphatic hydroxyl groups is 1. The van der Waals surface area contributed by atoms with Crippen LogP contribution in [0.3, 0.4) is 0 Å². The van der Waals surface area contributed by atoms with E-state index in [1.165, 1.54) is 4.90 Å². The quantitative estimate of drug-likeness (QED) is 0.394. The zero-order chi connectivity index (χ0) is 29.5. The molecule has 2 unspecified atom stereocenters. The summed E-state index contributed by atoms with van der Waals surface area (Å²) in [6.45, 7) is 13.9. The molecule has 2 atom stereocenters. The molecule has 0 radical (unpaired) electrons. The Morgan fingerprint density at radius 3 is 2.10 bits per heavy atom. The third-order valence-electron chi connectivity index (χ3n) is 6.51. The average molecular weight is 542 g/mol. The van der Waals surface area contributed by atoms with Gasteiger partial charge in [-0.3, -0.25) is 9.59 Å². The largest absolute Gasteiger partial charge is 0.497 e. The lowest BCUT2D eigenvalue weighted by molar-refractivity contribution is -0.148. The Balaban J connectivity index is 2.61. The van der Waals surface area contributed by atoms with E-state index in [2.05, 4.69) is 10.6 Å². The number of hydrogen-bond acceptors (Lipinski definition) is 6. The van der Waals surface area contributed by atoms with Crippen molar-refractivity contribution in [3.05, 3.63) is 59.2 Å². The Labute approximate surface area is 231 Å². The van der Waals surface area contributed by atoms with Crippen molar-refractivity contribution in [2.45, 2.75) is 85.0 Å². The molecule has 9 heteroatoms. The van der Waals surface area contributed by atoms with Gasteiger partial charge in [0.2, 0.25) is 5.91 Å². The first-order chi connectivity index (χ1) is 18.1. The predicted octanol–water partition coefficient (Wildman–Crippen LogP) is 4.89. The van der Waals surface area contributed by atoms with Gasteiger partial charge < -0.3 is 30.1 Å². The van der Waals surface area contributed by atoms with Gasteiger partial charge in [-0.05, 0) is 90.3 Å². The molecular weight excluding hydrogens is 498 g/mol. The van der Waals surface area contributed by atoms with Gasteiger partial charge in [-0.25, -0.2) is 4.79 Å². The number of amides is 3. The second kappa shape index (κ2) is 13.0. The van der Waals surface area contributed by atoms with Crippen molar-refractivity contribution >= 4 is 23.6 Å². The maximum absolute atomic E-state index is 14.1. The predicted molar refractivity (Wildman–Crippen MR) is 152 cm³/mol. The maximum Gasteiger partial charge on any atom is 0.408 e. The fraction of sp³-hybridized carbons (Fsp3) is 0.500. The number of anilines is 1. The van der Waals surface area contributed by atoms with Gasteiger partial charge in [0.15, 0.2) is 0 Å². The lowest BCUT2D eigenvalue weighted by Gasteiger charge is -2.44. The van der Waals surface area contributed by atoms with Crippen LogP contribution in [-0.4, -0.2) is 58.8 Å². The fourth-order valence-corrected chi connectivity index (χ4v) is 4.16. The number of methoxy groups -OCH3 is 1. The van der Waals surface area contributed by atoms with Gasteiger partial charge in [0.05, 0.1) is 13.7 Å². The Bertz CT molecular complexity index is 1150. The van der Waals surface area contributed by atoms with E-state index in [1.807, 2.05) is 52.8 Å². The molecule has 0 spiro atoms. The molecule has 0 bridgehead atoms. The molecule has 2 aromatic rings. The highest BCUT2D eigenvalue weighted by Crippen LogP contribution is 2.34. The molecular formula is C30H43N3O6. The number of nitrogens with zero attached hydrogens (tertiary/aromatic N) is 1. The van der Waals surface area contributed by atoms with Crippen molar-refractivity contribution in [2.24, 2.45) is 0 Å². The van der Waals surface area contributed by atoms with E-state index in [1.54, 1.807) is 52.1 Å². The molecule has 39 heavy (non-hydrogen) atoms. The number of carbonyl (C=O) groups is 3. The fourth-order valence-electron chi connectivity index (χ4n) is 4.16. The molecule has 3 N–H and O–H groups in total. The molecule has 3 amide bonds. The van der Waals surface area contributed by atoms with Crippen LogP contribution in [0.25, 0.3) is 0 Å². The summed E-state index contributed by atoms with van der Waals surface area (Å²) in [5.41, 5.74) is 1.38. The van der Waals surface area contributed by atoms with E-state index < -0.39 is 47.7 Å². The first-order valence-electron chi connectivity index (χ1n) is 13.1. The SMILES string of the molecule is CCC(C)(C)N(C(=O)C(CO)NC(=O)OC(C)(C)C)C(C(=O)Nc1ccc(OC)cc1)c1ccc(C)cc1C. The summed E-state index contributed by atoms with van der Waals surface area (Å²) in [4.78, 5) is 42.1. The number of aliphatic hydroxyl groups excluding tert-OH is 1. The summed E-state index contributed by atoms with van der Waals surface area (Å²) in [7, 11) is 1.56.